The van der Waals surface area contributed by atoms with Crippen molar-refractivity contribution in [2.45, 2.75) is 39.2 Å². The van der Waals surface area contributed by atoms with Crippen LogP contribution in [0, 0.1) is 0 Å². The highest BCUT2D eigenvalue weighted by atomic mass is 16.2. The van der Waals surface area contributed by atoms with Crippen LogP contribution in [0.4, 0.5) is 0 Å². The van der Waals surface area contributed by atoms with E-state index in [0.717, 1.165) is 12.8 Å². The maximum atomic E-state index is 12.3. The Morgan fingerprint density at radius 2 is 1.41 bits per heavy atom. The number of carbonyl (C=O) groups excluding carboxylic acids is 2. The Labute approximate surface area is 101 Å². The smallest absolute Gasteiger partial charge is 0.262 e. The third-order valence-corrected chi connectivity index (χ3v) is 3.86. The fourth-order valence-electron chi connectivity index (χ4n) is 2.25. The Kier molecular flexibility index (Phi) is 2.77. The molecule has 0 aromatic heterocycles. The summed E-state index contributed by atoms with van der Waals surface area (Å²) in [6.45, 7) is 5.98. The summed E-state index contributed by atoms with van der Waals surface area (Å²) in [5, 5.41) is 0. The van der Waals surface area contributed by atoms with Crippen LogP contribution in [-0.4, -0.2) is 22.3 Å². The summed E-state index contributed by atoms with van der Waals surface area (Å²) in [5.41, 5.74) is 0.684. The zero-order valence-corrected chi connectivity index (χ0v) is 10.5. The highest BCUT2D eigenvalue weighted by molar-refractivity contribution is 6.21. The fourth-order valence-corrected chi connectivity index (χ4v) is 2.25. The van der Waals surface area contributed by atoms with Gasteiger partial charge in [0.05, 0.1) is 11.1 Å². The summed E-state index contributed by atoms with van der Waals surface area (Å²) < 4.78 is 0. The number of hydrogen-bond donors (Lipinski definition) is 0. The predicted octanol–water partition coefficient (Wildman–Crippen LogP) is 2.86. The molecule has 0 aliphatic carbocycles. The normalized spacial score (nSPS) is 15.4. The van der Waals surface area contributed by atoms with Gasteiger partial charge in [-0.3, -0.25) is 14.5 Å². The van der Waals surface area contributed by atoms with Gasteiger partial charge in [0, 0.05) is 5.54 Å². The van der Waals surface area contributed by atoms with E-state index in [-0.39, 0.29) is 17.4 Å². The van der Waals surface area contributed by atoms with E-state index < -0.39 is 0 Å². The minimum absolute atomic E-state index is 0.156. The van der Waals surface area contributed by atoms with Crippen molar-refractivity contribution in [2.75, 3.05) is 0 Å². The van der Waals surface area contributed by atoms with Gasteiger partial charge in [0.2, 0.25) is 0 Å². The lowest BCUT2D eigenvalue weighted by atomic mass is 9.93. The van der Waals surface area contributed by atoms with E-state index in [9.17, 15) is 9.59 Å². The molecule has 17 heavy (non-hydrogen) atoms. The fraction of sp³-hybridized carbons (Fsp3) is 0.429. The summed E-state index contributed by atoms with van der Waals surface area (Å²) in [4.78, 5) is 26.0. The lowest BCUT2D eigenvalue weighted by molar-refractivity contribution is 0.0435. The Hall–Kier alpha value is -1.64. The average Bonchev–Trinajstić information content (AvgIpc) is 2.62. The molecular formula is C14H17NO2. The van der Waals surface area contributed by atoms with Crippen LogP contribution in [0.3, 0.4) is 0 Å². The summed E-state index contributed by atoms with van der Waals surface area (Å²) >= 11 is 0. The van der Waals surface area contributed by atoms with Crippen LogP contribution in [0.15, 0.2) is 24.3 Å². The van der Waals surface area contributed by atoms with Crippen molar-refractivity contribution in [2.24, 2.45) is 0 Å². The Bertz CT molecular complexity index is 440. The van der Waals surface area contributed by atoms with E-state index in [1.807, 2.05) is 20.8 Å². The van der Waals surface area contributed by atoms with E-state index in [0.29, 0.717) is 11.1 Å². The molecule has 2 rings (SSSR count). The zero-order valence-electron chi connectivity index (χ0n) is 10.5. The molecule has 1 aromatic carbocycles. The van der Waals surface area contributed by atoms with Gasteiger partial charge in [0.15, 0.2) is 0 Å². The van der Waals surface area contributed by atoms with Crippen LogP contribution >= 0.6 is 0 Å². The molecule has 0 fully saturated rings. The molecule has 0 unspecified atom stereocenters. The molecule has 1 heterocycles. The van der Waals surface area contributed by atoms with Gasteiger partial charge in [-0.2, -0.15) is 0 Å². The topological polar surface area (TPSA) is 37.4 Å². The van der Waals surface area contributed by atoms with Gasteiger partial charge in [-0.25, -0.2) is 0 Å². The second kappa shape index (κ2) is 3.99. The Morgan fingerprint density at radius 3 is 1.76 bits per heavy atom. The summed E-state index contributed by atoms with van der Waals surface area (Å²) in [6, 6.07) is 7.04. The standard InChI is InChI=1S/C14H17NO2/c1-4-14(3,5-2)15-12(16)10-8-6-7-9-11(10)13(15)17/h6-9H,4-5H2,1-3H3. The minimum atomic E-state index is -0.382. The Balaban J connectivity index is 2.50. The first-order chi connectivity index (χ1) is 8.05. The number of imide groups is 1. The van der Waals surface area contributed by atoms with E-state index in [1.165, 1.54) is 4.90 Å². The van der Waals surface area contributed by atoms with Gasteiger partial charge < -0.3 is 0 Å². The van der Waals surface area contributed by atoms with Crippen LogP contribution in [0.1, 0.15) is 54.3 Å². The molecule has 0 atom stereocenters. The molecule has 0 spiro atoms. The molecule has 0 saturated heterocycles. The van der Waals surface area contributed by atoms with Gasteiger partial charge in [0.25, 0.3) is 11.8 Å². The van der Waals surface area contributed by atoms with Gasteiger partial charge in [0.1, 0.15) is 0 Å². The van der Waals surface area contributed by atoms with Crippen molar-refractivity contribution < 1.29 is 9.59 Å². The van der Waals surface area contributed by atoms with E-state index in [1.54, 1.807) is 24.3 Å². The molecule has 0 radical (unpaired) electrons. The first-order valence-corrected chi connectivity index (χ1v) is 6.03. The van der Waals surface area contributed by atoms with Crippen LogP contribution in [-0.2, 0) is 0 Å². The average molecular weight is 231 g/mol. The monoisotopic (exact) mass is 231 g/mol. The molecule has 1 aromatic rings. The number of rotatable bonds is 3. The summed E-state index contributed by atoms with van der Waals surface area (Å²) in [5.74, 6) is -0.311. The highest BCUT2D eigenvalue weighted by Crippen LogP contribution is 2.32. The van der Waals surface area contributed by atoms with Gasteiger partial charge in [-0.05, 0) is 31.9 Å². The van der Waals surface area contributed by atoms with Crippen molar-refractivity contribution in [3.63, 3.8) is 0 Å². The second-order valence-electron chi connectivity index (χ2n) is 4.70. The molecule has 3 nitrogen and oxygen atoms in total. The first-order valence-electron chi connectivity index (χ1n) is 6.03. The van der Waals surface area contributed by atoms with Crippen molar-refractivity contribution in [3.05, 3.63) is 35.4 Å². The summed E-state index contributed by atoms with van der Waals surface area (Å²) in [6.07, 6.45) is 1.55. The molecule has 1 aliphatic heterocycles. The largest absolute Gasteiger partial charge is 0.269 e. The number of carbonyl (C=O) groups is 2. The number of fused-ring (bicyclic) bond motifs is 1. The number of amides is 2. The molecule has 0 saturated carbocycles. The molecule has 90 valence electrons. The van der Waals surface area contributed by atoms with Crippen molar-refractivity contribution in [3.8, 4) is 0 Å². The molecule has 2 amide bonds. The van der Waals surface area contributed by atoms with Crippen LogP contribution in [0.25, 0.3) is 0 Å². The van der Waals surface area contributed by atoms with Crippen LogP contribution < -0.4 is 0 Å². The van der Waals surface area contributed by atoms with Crippen LogP contribution in [0.5, 0.6) is 0 Å². The molecule has 1 aliphatic rings. The molecular weight excluding hydrogens is 214 g/mol. The van der Waals surface area contributed by atoms with Gasteiger partial charge >= 0.3 is 0 Å². The van der Waals surface area contributed by atoms with Crippen molar-refractivity contribution in [1.82, 2.24) is 4.90 Å². The minimum Gasteiger partial charge on any atom is -0.269 e. The lowest BCUT2D eigenvalue weighted by Crippen LogP contribution is -2.48. The van der Waals surface area contributed by atoms with E-state index in [4.69, 9.17) is 0 Å². The first kappa shape index (κ1) is 11.8. The lowest BCUT2D eigenvalue weighted by Gasteiger charge is -2.35. The van der Waals surface area contributed by atoms with Crippen molar-refractivity contribution in [1.29, 1.82) is 0 Å². The van der Waals surface area contributed by atoms with Crippen molar-refractivity contribution >= 4 is 11.8 Å². The third kappa shape index (κ3) is 1.57. The van der Waals surface area contributed by atoms with Crippen LogP contribution in [0.2, 0.25) is 0 Å². The SMILES string of the molecule is CCC(C)(CC)N1C(=O)c2ccccc2C1=O. The van der Waals surface area contributed by atoms with E-state index >= 15 is 0 Å². The maximum absolute atomic E-state index is 12.3. The number of benzene rings is 1. The molecule has 3 heteroatoms. The number of hydrogen-bond acceptors (Lipinski definition) is 2. The highest BCUT2D eigenvalue weighted by Gasteiger charge is 2.44. The third-order valence-electron chi connectivity index (χ3n) is 3.86. The van der Waals surface area contributed by atoms with Gasteiger partial charge in [-0.1, -0.05) is 26.0 Å². The number of nitrogens with zero attached hydrogens (tertiary/aromatic N) is 1. The predicted molar refractivity (Wildman–Crippen MR) is 65.9 cm³/mol. The zero-order chi connectivity index (χ0) is 12.6. The Morgan fingerprint density at radius 1 is 1.00 bits per heavy atom. The summed E-state index contributed by atoms with van der Waals surface area (Å²) in [7, 11) is 0. The quantitative estimate of drug-likeness (QED) is 0.750. The molecule has 0 bridgehead atoms. The molecule has 0 N–H and O–H groups in total. The maximum Gasteiger partial charge on any atom is 0.262 e. The van der Waals surface area contributed by atoms with Gasteiger partial charge in [-0.15, -0.1) is 0 Å². The second-order valence-corrected chi connectivity index (χ2v) is 4.70. The van der Waals surface area contributed by atoms with E-state index in [2.05, 4.69) is 0 Å².